The molecule has 8 heteroatoms. The average molecular weight is 413 g/mol. The average Bonchev–Trinajstić information content (AvgIpc) is 2.98. The Kier molecular flexibility index (Phi) is 5.24. The summed E-state index contributed by atoms with van der Waals surface area (Å²) in [5, 5.41) is 12.0. The first-order valence-corrected chi connectivity index (χ1v) is 9.84. The zero-order chi connectivity index (χ0) is 21.3. The molecule has 2 N–H and O–H groups in total. The number of carbonyl (C=O) groups is 2. The smallest absolute Gasteiger partial charge is 0.275 e. The third-order valence-corrected chi connectivity index (χ3v) is 5.57. The van der Waals surface area contributed by atoms with E-state index in [1.165, 1.54) is 23.1 Å². The van der Waals surface area contributed by atoms with E-state index in [0.29, 0.717) is 18.4 Å². The Morgan fingerprint density at radius 1 is 1.07 bits per heavy atom. The molecule has 2 aromatic rings. The molecular weight excluding hydrogens is 392 g/mol. The third kappa shape index (κ3) is 3.77. The van der Waals surface area contributed by atoms with Crippen LogP contribution >= 0.6 is 0 Å². The van der Waals surface area contributed by atoms with E-state index in [9.17, 15) is 23.5 Å². The maximum atomic E-state index is 13.4. The first-order valence-electron chi connectivity index (χ1n) is 9.84. The van der Waals surface area contributed by atoms with Gasteiger partial charge in [0.2, 0.25) is 5.91 Å². The number of nitrogens with one attached hydrogen (secondary N) is 1. The van der Waals surface area contributed by atoms with Crippen molar-refractivity contribution in [1.29, 1.82) is 0 Å². The minimum atomic E-state index is -1.06. The summed E-state index contributed by atoms with van der Waals surface area (Å²) in [6, 6.07) is 9.29. The summed E-state index contributed by atoms with van der Waals surface area (Å²) in [7, 11) is 0. The van der Waals surface area contributed by atoms with Crippen LogP contribution in [0.5, 0.6) is 5.75 Å². The highest BCUT2D eigenvalue weighted by Crippen LogP contribution is 2.39. The Morgan fingerprint density at radius 2 is 1.77 bits per heavy atom. The Labute approximate surface area is 172 Å². The normalized spacial score (nSPS) is 17.9. The Morgan fingerprint density at radius 3 is 2.43 bits per heavy atom. The van der Waals surface area contributed by atoms with Gasteiger partial charge in [-0.15, -0.1) is 0 Å². The van der Waals surface area contributed by atoms with Gasteiger partial charge in [0, 0.05) is 17.3 Å². The van der Waals surface area contributed by atoms with Crippen LogP contribution < -0.4 is 5.32 Å². The summed E-state index contributed by atoms with van der Waals surface area (Å²) in [5.41, 5.74) is 0.167. The molecule has 0 radical (unpaired) electrons. The number of carbonyl (C=O) groups excluding carboxylic acids is 2. The minimum Gasteiger partial charge on any atom is -0.508 e. The molecule has 1 saturated carbocycles. The summed E-state index contributed by atoms with van der Waals surface area (Å²) in [6.07, 6.45) is 4.12. The molecule has 2 aromatic carbocycles. The summed E-state index contributed by atoms with van der Waals surface area (Å²) >= 11 is 0. The van der Waals surface area contributed by atoms with Crippen LogP contribution in [0.15, 0.2) is 47.5 Å². The summed E-state index contributed by atoms with van der Waals surface area (Å²) in [5.74, 6) is -2.85. The molecule has 1 fully saturated rings. The van der Waals surface area contributed by atoms with Crippen LogP contribution in [-0.2, 0) is 9.59 Å². The van der Waals surface area contributed by atoms with E-state index in [4.69, 9.17) is 4.99 Å². The zero-order valence-corrected chi connectivity index (χ0v) is 16.2. The highest BCUT2D eigenvalue weighted by molar-refractivity contribution is 6.47. The SMILES string of the molecule is O=C(CN1C(=O)C(c2ccc(O)cc2)=NC12CCCCC2)Nc1ccc(F)c(F)c1. The van der Waals surface area contributed by atoms with E-state index in [1.54, 1.807) is 12.1 Å². The number of hydrogen-bond donors (Lipinski definition) is 2. The third-order valence-electron chi connectivity index (χ3n) is 5.57. The van der Waals surface area contributed by atoms with Crippen LogP contribution in [-0.4, -0.2) is 39.7 Å². The summed E-state index contributed by atoms with van der Waals surface area (Å²) < 4.78 is 26.5. The quantitative estimate of drug-likeness (QED) is 0.804. The number of rotatable bonds is 4. The highest BCUT2D eigenvalue weighted by atomic mass is 19.2. The molecule has 1 aliphatic carbocycles. The molecule has 0 unspecified atom stereocenters. The van der Waals surface area contributed by atoms with Gasteiger partial charge in [0.25, 0.3) is 5.91 Å². The predicted molar refractivity (Wildman–Crippen MR) is 107 cm³/mol. The van der Waals surface area contributed by atoms with Crippen LogP contribution in [0.2, 0.25) is 0 Å². The van der Waals surface area contributed by atoms with Gasteiger partial charge in [-0.1, -0.05) is 6.42 Å². The second-order valence-electron chi connectivity index (χ2n) is 7.62. The van der Waals surface area contributed by atoms with Crippen molar-refractivity contribution in [1.82, 2.24) is 4.90 Å². The van der Waals surface area contributed by atoms with Crippen molar-refractivity contribution in [3.63, 3.8) is 0 Å². The van der Waals surface area contributed by atoms with Gasteiger partial charge in [-0.25, -0.2) is 8.78 Å². The van der Waals surface area contributed by atoms with E-state index in [0.717, 1.165) is 31.4 Å². The Hall–Kier alpha value is -3.29. The second-order valence-corrected chi connectivity index (χ2v) is 7.62. The molecule has 0 aromatic heterocycles. The van der Waals surface area contributed by atoms with E-state index in [2.05, 4.69) is 5.32 Å². The van der Waals surface area contributed by atoms with E-state index in [1.807, 2.05) is 0 Å². The second kappa shape index (κ2) is 7.85. The lowest BCUT2D eigenvalue weighted by molar-refractivity contribution is -0.134. The van der Waals surface area contributed by atoms with Crippen LogP contribution in [0.25, 0.3) is 0 Å². The molecule has 6 nitrogen and oxygen atoms in total. The van der Waals surface area contributed by atoms with Crippen LogP contribution in [0, 0.1) is 11.6 Å². The molecule has 1 aliphatic heterocycles. The Bertz CT molecular complexity index is 1010. The predicted octanol–water partition coefficient (Wildman–Crippen LogP) is 3.60. The van der Waals surface area contributed by atoms with Gasteiger partial charge in [0.1, 0.15) is 23.7 Å². The molecule has 1 spiro atoms. The maximum Gasteiger partial charge on any atom is 0.275 e. The van der Waals surface area contributed by atoms with Crippen LogP contribution in [0.3, 0.4) is 0 Å². The van der Waals surface area contributed by atoms with Crippen molar-refractivity contribution in [3.05, 3.63) is 59.7 Å². The fourth-order valence-electron chi connectivity index (χ4n) is 4.08. The maximum absolute atomic E-state index is 13.4. The van der Waals surface area contributed by atoms with Gasteiger partial charge in [0.05, 0.1) is 0 Å². The summed E-state index contributed by atoms with van der Waals surface area (Å²) in [4.78, 5) is 32.0. The number of benzene rings is 2. The molecule has 4 rings (SSSR count). The largest absolute Gasteiger partial charge is 0.508 e. The Balaban J connectivity index is 1.57. The van der Waals surface area contributed by atoms with Gasteiger partial charge in [-0.2, -0.15) is 0 Å². The number of amides is 2. The van der Waals surface area contributed by atoms with Gasteiger partial charge in [0.15, 0.2) is 11.6 Å². The number of phenolic OH excluding ortho intramolecular Hbond substituents is 1. The number of anilines is 1. The monoisotopic (exact) mass is 413 g/mol. The zero-order valence-electron chi connectivity index (χ0n) is 16.2. The molecule has 156 valence electrons. The van der Waals surface area contributed by atoms with Crippen molar-refractivity contribution in [2.45, 2.75) is 37.8 Å². The number of phenols is 1. The molecular formula is C22H21F2N3O3. The van der Waals surface area contributed by atoms with Gasteiger partial charge in [-0.05, 0) is 62.1 Å². The molecule has 0 saturated heterocycles. The van der Waals surface area contributed by atoms with E-state index < -0.39 is 23.2 Å². The van der Waals surface area contributed by atoms with Gasteiger partial charge >= 0.3 is 0 Å². The number of hydrogen-bond acceptors (Lipinski definition) is 4. The topological polar surface area (TPSA) is 82.0 Å². The molecule has 2 aliphatic rings. The van der Waals surface area contributed by atoms with Gasteiger partial charge in [-0.3, -0.25) is 14.6 Å². The first kappa shape index (κ1) is 20.0. The molecule has 2 amide bonds. The molecule has 0 bridgehead atoms. The van der Waals surface area contributed by atoms with Crippen LogP contribution in [0.1, 0.15) is 37.7 Å². The van der Waals surface area contributed by atoms with Crippen molar-refractivity contribution >= 4 is 23.2 Å². The number of halogens is 2. The fraction of sp³-hybridized carbons (Fsp3) is 0.318. The fourth-order valence-corrected chi connectivity index (χ4v) is 4.08. The van der Waals surface area contributed by atoms with E-state index in [-0.39, 0.29) is 29.6 Å². The number of aromatic hydroxyl groups is 1. The minimum absolute atomic E-state index is 0.0833. The molecule has 1 heterocycles. The molecule has 0 atom stereocenters. The molecule has 30 heavy (non-hydrogen) atoms. The lowest BCUT2D eigenvalue weighted by Crippen LogP contribution is -2.51. The summed E-state index contributed by atoms with van der Waals surface area (Å²) in [6.45, 7) is -0.247. The lowest BCUT2D eigenvalue weighted by Gasteiger charge is -2.38. The first-order chi connectivity index (χ1) is 14.4. The number of nitrogens with zero attached hydrogens (tertiary/aromatic N) is 2. The van der Waals surface area contributed by atoms with Crippen molar-refractivity contribution in [3.8, 4) is 5.75 Å². The highest BCUT2D eigenvalue weighted by Gasteiger charge is 2.48. The van der Waals surface area contributed by atoms with Crippen molar-refractivity contribution in [2.24, 2.45) is 4.99 Å². The van der Waals surface area contributed by atoms with Crippen molar-refractivity contribution < 1.29 is 23.5 Å². The van der Waals surface area contributed by atoms with Crippen molar-refractivity contribution in [2.75, 3.05) is 11.9 Å². The number of aliphatic imine (C=N–C) groups is 1. The van der Waals surface area contributed by atoms with Crippen LogP contribution in [0.4, 0.5) is 14.5 Å². The lowest BCUT2D eigenvalue weighted by atomic mass is 9.88. The van der Waals surface area contributed by atoms with Gasteiger partial charge < -0.3 is 15.3 Å². The standard InChI is InChI=1S/C22H21F2N3O3/c23-17-9-6-15(12-18(17)24)25-19(29)13-27-21(30)20(14-4-7-16(28)8-5-14)26-22(27)10-2-1-3-11-22/h4-9,12,28H,1-3,10-11,13H2,(H,25,29). The van der Waals surface area contributed by atoms with E-state index >= 15 is 0 Å².